The van der Waals surface area contributed by atoms with Gasteiger partial charge in [0.2, 0.25) is 0 Å². The molecule has 0 spiro atoms. The van der Waals surface area contributed by atoms with Crippen LogP contribution in [0.5, 0.6) is 0 Å². The van der Waals surface area contributed by atoms with Gasteiger partial charge in [0.25, 0.3) is 11.6 Å². The second-order valence-corrected chi connectivity index (χ2v) is 8.67. The summed E-state index contributed by atoms with van der Waals surface area (Å²) in [6.07, 6.45) is 1.95. The van der Waals surface area contributed by atoms with Gasteiger partial charge in [-0.15, -0.1) is 11.3 Å². The van der Waals surface area contributed by atoms with Gasteiger partial charge in [-0.1, -0.05) is 12.1 Å². The van der Waals surface area contributed by atoms with E-state index in [1.54, 1.807) is 24.3 Å². The first-order valence-electron chi connectivity index (χ1n) is 10.4. The Morgan fingerprint density at radius 1 is 1.21 bits per heavy atom. The van der Waals surface area contributed by atoms with Gasteiger partial charge in [-0.05, 0) is 44.0 Å². The Hall–Kier alpha value is -3.79. The summed E-state index contributed by atoms with van der Waals surface area (Å²) >= 11 is 1.54. The Balaban J connectivity index is 1.38. The third-order valence-corrected chi connectivity index (χ3v) is 6.02. The number of thiazole rings is 1. The summed E-state index contributed by atoms with van der Waals surface area (Å²) in [6, 6.07) is 11.5. The Morgan fingerprint density at radius 3 is 2.70 bits per heavy atom. The highest BCUT2D eigenvalue weighted by molar-refractivity contribution is 7.09. The summed E-state index contributed by atoms with van der Waals surface area (Å²) in [5, 5.41) is 17.1. The largest absolute Gasteiger partial charge is 0.452 e. The summed E-state index contributed by atoms with van der Waals surface area (Å²) in [5.74, 6) is -1.31. The fourth-order valence-electron chi connectivity index (χ4n) is 3.69. The molecule has 0 bridgehead atoms. The SMILES string of the molecule is Cc1nc(-c2cccc(NC(=O)COC(=O)c3ccc(N4CCCC4)c([N+](=O)[O-])c3)c2)cs1. The predicted octanol–water partition coefficient (Wildman–Crippen LogP) is 4.42. The molecule has 10 heteroatoms. The van der Waals surface area contributed by atoms with Crippen molar-refractivity contribution in [3.05, 3.63) is 68.5 Å². The van der Waals surface area contributed by atoms with Gasteiger partial charge < -0.3 is 15.0 Å². The highest BCUT2D eigenvalue weighted by atomic mass is 32.1. The fraction of sp³-hybridized carbons (Fsp3) is 0.261. The highest BCUT2D eigenvalue weighted by Crippen LogP contribution is 2.32. The number of esters is 1. The zero-order chi connectivity index (χ0) is 23.4. The number of nitro groups is 1. The summed E-state index contributed by atoms with van der Waals surface area (Å²) in [4.78, 5) is 42.1. The van der Waals surface area contributed by atoms with Gasteiger partial charge in [0.1, 0.15) is 5.69 Å². The number of rotatable bonds is 7. The molecule has 0 unspecified atom stereocenters. The van der Waals surface area contributed by atoms with E-state index >= 15 is 0 Å². The number of nitro benzene ring substituents is 1. The number of carbonyl (C=O) groups excluding carboxylic acids is 2. The third-order valence-electron chi connectivity index (χ3n) is 5.25. The maximum atomic E-state index is 12.4. The molecule has 170 valence electrons. The summed E-state index contributed by atoms with van der Waals surface area (Å²) < 4.78 is 5.08. The number of carbonyl (C=O) groups is 2. The van der Waals surface area contributed by atoms with E-state index in [1.807, 2.05) is 23.3 Å². The highest BCUT2D eigenvalue weighted by Gasteiger charge is 2.24. The van der Waals surface area contributed by atoms with Crippen LogP contribution in [0.2, 0.25) is 0 Å². The molecule has 0 saturated carbocycles. The maximum absolute atomic E-state index is 12.4. The first kappa shape index (κ1) is 22.4. The zero-order valence-electron chi connectivity index (χ0n) is 17.9. The van der Waals surface area contributed by atoms with Crippen LogP contribution in [-0.4, -0.2) is 41.5 Å². The van der Waals surface area contributed by atoms with E-state index in [-0.39, 0.29) is 11.3 Å². The van der Waals surface area contributed by atoms with Gasteiger partial charge in [0.15, 0.2) is 6.61 Å². The maximum Gasteiger partial charge on any atom is 0.338 e. The molecule has 4 rings (SSSR count). The van der Waals surface area contributed by atoms with Crippen molar-refractivity contribution in [1.82, 2.24) is 4.98 Å². The average Bonchev–Trinajstić information content (AvgIpc) is 3.49. The minimum atomic E-state index is -0.798. The quantitative estimate of drug-likeness (QED) is 0.311. The van der Waals surface area contributed by atoms with Crippen molar-refractivity contribution < 1.29 is 19.2 Å². The van der Waals surface area contributed by atoms with Crippen LogP contribution in [0, 0.1) is 17.0 Å². The molecule has 33 heavy (non-hydrogen) atoms. The van der Waals surface area contributed by atoms with Crippen molar-refractivity contribution in [3.8, 4) is 11.3 Å². The third kappa shape index (κ3) is 5.35. The van der Waals surface area contributed by atoms with Gasteiger partial charge in [0.05, 0.1) is 21.2 Å². The Kier molecular flexibility index (Phi) is 6.64. The molecule has 0 aliphatic carbocycles. The van der Waals surface area contributed by atoms with E-state index < -0.39 is 23.4 Å². The van der Waals surface area contributed by atoms with E-state index in [1.165, 1.54) is 23.5 Å². The number of ether oxygens (including phenoxy) is 1. The van der Waals surface area contributed by atoms with E-state index in [0.29, 0.717) is 11.4 Å². The minimum Gasteiger partial charge on any atom is -0.452 e. The molecule has 1 aromatic heterocycles. The number of aryl methyl sites for hydroxylation is 1. The van der Waals surface area contributed by atoms with Crippen LogP contribution >= 0.6 is 11.3 Å². The molecule has 1 aliphatic heterocycles. The molecule has 0 radical (unpaired) electrons. The van der Waals surface area contributed by atoms with Crippen LogP contribution in [0.15, 0.2) is 47.8 Å². The molecule has 3 aromatic rings. The molecule has 1 N–H and O–H groups in total. The van der Waals surface area contributed by atoms with Crippen LogP contribution in [-0.2, 0) is 9.53 Å². The van der Waals surface area contributed by atoms with Crippen molar-refractivity contribution in [3.63, 3.8) is 0 Å². The van der Waals surface area contributed by atoms with Gasteiger partial charge in [0, 0.05) is 35.8 Å². The first-order chi connectivity index (χ1) is 15.9. The standard InChI is InChI=1S/C23H22N4O5S/c1-15-24-19(14-33-15)16-5-4-6-18(11-16)25-22(28)13-32-23(29)17-7-8-20(21(12-17)27(30)31)26-9-2-3-10-26/h4-8,11-12,14H,2-3,9-10,13H2,1H3,(H,25,28). The second kappa shape index (κ2) is 9.78. The van der Waals surface area contributed by atoms with Crippen molar-refractivity contribution >= 4 is 40.3 Å². The van der Waals surface area contributed by atoms with Crippen molar-refractivity contribution in [2.45, 2.75) is 19.8 Å². The molecule has 1 amide bonds. The van der Waals surface area contributed by atoms with E-state index in [4.69, 9.17) is 4.74 Å². The van der Waals surface area contributed by atoms with Crippen LogP contribution in [0.25, 0.3) is 11.3 Å². The van der Waals surface area contributed by atoms with Gasteiger partial charge in [-0.2, -0.15) is 0 Å². The molecule has 0 atom stereocenters. The molecular formula is C23H22N4O5S. The lowest BCUT2D eigenvalue weighted by Crippen LogP contribution is -2.21. The number of aromatic nitrogens is 1. The topological polar surface area (TPSA) is 115 Å². The Morgan fingerprint density at radius 2 is 2.00 bits per heavy atom. The van der Waals surface area contributed by atoms with Crippen LogP contribution in [0.3, 0.4) is 0 Å². The lowest BCUT2D eigenvalue weighted by Gasteiger charge is -2.17. The van der Waals surface area contributed by atoms with Gasteiger partial charge in [-0.25, -0.2) is 9.78 Å². The summed E-state index contributed by atoms with van der Waals surface area (Å²) in [7, 11) is 0. The summed E-state index contributed by atoms with van der Waals surface area (Å²) in [6.45, 7) is 2.89. The second-order valence-electron chi connectivity index (χ2n) is 7.61. The Bertz CT molecular complexity index is 1200. The molecule has 1 saturated heterocycles. The number of anilines is 2. The van der Waals surface area contributed by atoms with E-state index in [2.05, 4.69) is 10.3 Å². The predicted molar refractivity (Wildman–Crippen MR) is 126 cm³/mol. The van der Waals surface area contributed by atoms with Crippen molar-refractivity contribution in [2.75, 3.05) is 29.9 Å². The molecule has 2 heterocycles. The normalized spacial score (nSPS) is 13.1. The first-order valence-corrected chi connectivity index (χ1v) is 11.3. The molecule has 9 nitrogen and oxygen atoms in total. The van der Waals surface area contributed by atoms with Crippen molar-refractivity contribution in [2.24, 2.45) is 0 Å². The Labute approximate surface area is 194 Å². The van der Waals surface area contributed by atoms with Gasteiger partial charge >= 0.3 is 5.97 Å². The number of hydrogen-bond donors (Lipinski definition) is 1. The molecule has 1 fully saturated rings. The lowest BCUT2D eigenvalue weighted by molar-refractivity contribution is -0.384. The monoisotopic (exact) mass is 466 g/mol. The lowest BCUT2D eigenvalue weighted by atomic mass is 10.1. The number of amides is 1. The van der Waals surface area contributed by atoms with Crippen LogP contribution in [0.1, 0.15) is 28.2 Å². The number of nitrogens with zero attached hydrogens (tertiary/aromatic N) is 3. The van der Waals surface area contributed by atoms with E-state index in [9.17, 15) is 19.7 Å². The number of benzene rings is 2. The zero-order valence-corrected chi connectivity index (χ0v) is 18.8. The fourth-order valence-corrected chi connectivity index (χ4v) is 4.31. The van der Waals surface area contributed by atoms with Crippen LogP contribution < -0.4 is 10.2 Å². The molecular weight excluding hydrogens is 444 g/mol. The van der Waals surface area contributed by atoms with Crippen molar-refractivity contribution in [1.29, 1.82) is 0 Å². The number of hydrogen-bond acceptors (Lipinski definition) is 8. The number of nitrogens with one attached hydrogen (secondary N) is 1. The van der Waals surface area contributed by atoms with E-state index in [0.717, 1.165) is 42.2 Å². The molecule has 1 aliphatic rings. The van der Waals surface area contributed by atoms with Gasteiger partial charge in [-0.3, -0.25) is 14.9 Å². The molecule has 2 aromatic carbocycles. The minimum absolute atomic E-state index is 0.0262. The average molecular weight is 467 g/mol. The summed E-state index contributed by atoms with van der Waals surface area (Å²) in [5.41, 5.74) is 2.59. The smallest absolute Gasteiger partial charge is 0.338 e. The van der Waals surface area contributed by atoms with Crippen LogP contribution in [0.4, 0.5) is 17.1 Å².